The zero-order valence-corrected chi connectivity index (χ0v) is 23.3. The van der Waals surface area contributed by atoms with Crippen molar-refractivity contribution < 1.29 is 23.9 Å². The van der Waals surface area contributed by atoms with E-state index in [1.807, 2.05) is 48.5 Å². The molecule has 8 heteroatoms. The molecule has 0 saturated carbocycles. The number of hydrogen-bond acceptors (Lipinski definition) is 5. The van der Waals surface area contributed by atoms with Crippen LogP contribution in [-0.4, -0.2) is 35.9 Å². The van der Waals surface area contributed by atoms with Crippen LogP contribution in [0.25, 0.3) is 0 Å². The number of carboxylic acids is 1. The number of aliphatic carboxylic acids is 1. The van der Waals surface area contributed by atoms with Crippen molar-refractivity contribution in [1.29, 1.82) is 0 Å². The number of ketones is 1. The third kappa shape index (κ3) is 5.73. The highest BCUT2D eigenvalue weighted by atomic mass is 19.1. The molecule has 41 heavy (non-hydrogen) atoms. The van der Waals surface area contributed by atoms with E-state index >= 15 is 0 Å². The highest BCUT2D eigenvalue weighted by Crippen LogP contribution is 2.47. The Morgan fingerprint density at radius 2 is 1.59 bits per heavy atom. The van der Waals surface area contributed by atoms with Gasteiger partial charge in [0.05, 0.1) is 23.8 Å². The number of nitrogens with zero attached hydrogens (tertiary/aromatic N) is 2. The van der Waals surface area contributed by atoms with E-state index in [1.54, 1.807) is 17.0 Å². The van der Waals surface area contributed by atoms with Crippen LogP contribution in [0.1, 0.15) is 62.6 Å². The number of carbonyl (C=O) groups is 3. The monoisotopic (exact) mass is 555 g/mol. The first kappa shape index (κ1) is 28.1. The second-order valence-electron chi connectivity index (χ2n) is 10.4. The molecule has 2 N–H and O–H groups in total. The van der Waals surface area contributed by atoms with Gasteiger partial charge in [-0.1, -0.05) is 36.4 Å². The van der Waals surface area contributed by atoms with Crippen LogP contribution in [0.2, 0.25) is 0 Å². The first-order valence-corrected chi connectivity index (χ1v) is 14.1. The maximum Gasteiger partial charge on any atom is 0.303 e. The third-order valence-electron chi connectivity index (χ3n) is 7.99. The summed E-state index contributed by atoms with van der Waals surface area (Å²) in [6.45, 7) is 5.86. The number of anilines is 3. The number of amides is 1. The lowest BCUT2D eigenvalue weighted by molar-refractivity contribution is -0.138. The first-order valence-electron chi connectivity index (χ1n) is 14.1. The predicted octanol–water partition coefficient (Wildman–Crippen LogP) is 6.44. The number of fused-ring (bicyclic) bond motifs is 1. The van der Waals surface area contributed by atoms with Crippen LogP contribution in [0.5, 0.6) is 0 Å². The highest BCUT2D eigenvalue weighted by Gasteiger charge is 2.41. The molecule has 2 atom stereocenters. The lowest BCUT2D eigenvalue weighted by Crippen LogP contribution is -2.38. The average molecular weight is 556 g/mol. The summed E-state index contributed by atoms with van der Waals surface area (Å²) in [6.07, 6.45) is 0.206. The van der Waals surface area contributed by atoms with Gasteiger partial charge in [0.1, 0.15) is 5.82 Å². The largest absolute Gasteiger partial charge is 0.481 e. The summed E-state index contributed by atoms with van der Waals surface area (Å²) < 4.78 is 13.6. The molecule has 212 valence electrons. The van der Waals surface area contributed by atoms with E-state index in [4.69, 9.17) is 0 Å². The van der Waals surface area contributed by atoms with Gasteiger partial charge in [0.2, 0.25) is 5.91 Å². The molecule has 3 aromatic rings. The maximum absolute atomic E-state index is 14.1. The molecule has 7 nitrogen and oxygen atoms in total. The quantitative estimate of drug-likeness (QED) is 0.333. The second kappa shape index (κ2) is 12.0. The number of halogens is 1. The smallest absolute Gasteiger partial charge is 0.303 e. The fourth-order valence-electron chi connectivity index (χ4n) is 5.94. The number of carboxylic acid groups (broad SMARTS) is 1. The third-order valence-corrected chi connectivity index (χ3v) is 7.99. The molecule has 2 aliphatic rings. The second-order valence-corrected chi connectivity index (χ2v) is 10.4. The molecule has 1 aliphatic carbocycles. The van der Waals surface area contributed by atoms with E-state index in [0.29, 0.717) is 23.4 Å². The van der Waals surface area contributed by atoms with Crippen LogP contribution in [0.3, 0.4) is 0 Å². The minimum absolute atomic E-state index is 0.102. The van der Waals surface area contributed by atoms with E-state index in [1.165, 1.54) is 12.1 Å². The molecule has 0 bridgehead atoms. The SMILES string of the molecule is CCN(CC)c1ccc([C@H]2C3=C(C[C@H](c4ccc(F)cc4)CC3=O)Nc3ccccc3N2C(=O)CCC(=O)O)cc1. The minimum Gasteiger partial charge on any atom is -0.481 e. The summed E-state index contributed by atoms with van der Waals surface area (Å²) in [5.41, 5.74) is 5.15. The summed E-state index contributed by atoms with van der Waals surface area (Å²) >= 11 is 0. The van der Waals surface area contributed by atoms with Gasteiger partial charge in [-0.2, -0.15) is 0 Å². The molecule has 5 rings (SSSR count). The number of hydrogen-bond donors (Lipinski definition) is 2. The summed E-state index contributed by atoms with van der Waals surface area (Å²) in [7, 11) is 0. The average Bonchev–Trinajstić information content (AvgIpc) is 3.12. The van der Waals surface area contributed by atoms with E-state index < -0.39 is 12.0 Å². The topological polar surface area (TPSA) is 90.0 Å². The van der Waals surface area contributed by atoms with Gasteiger partial charge in [-0.15, -0.1) is 0 Å². The van der Waals surface area contributed by atoms with Gasteiger partial charge in [-0.3, -0.25) is 19.3 Å². The van der Waals surface area contributed by atoms with Crippen LogP contribution < -0.4 is 15.1 Å². The van der Waals surface area contributed by atoms with Crippen LogP contribution in [-0.2, 0) is 14.4 Å². The zero-order chi connectivity index (χ0) is 29.1. The zero-order valence-electron chi connectivity index (χ0n) is 23.3. The Balaban J connectivity index is 1.66. The Morgan fingerprint density at radius 1 is 0.927 bits per heavy atom. The Labute approximate surface area is 239 Å². The Hall–Kier alpha value is -4.46. The molecule has 1 heterocycles. The van der Waals surface area contributed by atoms with Crippen LogP contribution in [0, 0.1) is 5.82 Å². The van der Waals surface area contributed by atoms with Gasteiger partial charge in [0.15, 0.2) is 5.78 Å². The number of rotatable bonds is 8. The van der Waals surface area contributed by atoms with Gasteiger partial charge < -0.3 is 15.3 Å². The fourth-order valence-corrected chi connectivity index (χ4v) is 5.94. The molecule has 1 aliphatic heterocycles. The summed E-state index contributed by atoms with van der Waals surface area (Å²) in [4.78, 5) is 43.1. The molecule has 0 spiro atoms. The number of nitrogens with one attached hydrogen (secondary N) is 1. The molecule has 0 fully saturated rings. The molecule has 0 saturated heterocycles. The van der Waals surface area contributed by atoms with Crippen LogP contribution in [0.15, 0.2) is 84.1 Å². The fraction of sp³-hybridized carbons (Fsp3) is 0.303. The van der Waals surface area contributed by atoms with Crippen molar-refractivity contribution in [3.05, 3.63) is 101 Å². The van der Waals surface area contributed by atoms with Crippen molar-refractivity contribution in [2.24, 2.45) is 0 Å². The lowest BCUT2D eigenvalue weighted by atomic mass is 9.78. The lowest BCUT2D eigenvalue weighted by Gasteiger charge is -2.35. The molecule has 0 unspecified atom stereocenters. The van der Waals surface area contributed by atoms with Crippen molar-refractivity contribution in [1.82, 2.24) is 0 Å². The van der Waals surface area contributed by atoms with Gasteiger partial charge in [-0.25, -0.2) is 4.39 Å². The summed E-state index contributed by atoms with van der Waals surface area (Å²) in [5, 5.41) is 12.8. The van der Waals surface area contributed by atoms with Crippen molar-refractivity contribution in [2.45, 2.75) is 51.5 Å². The van der Waals surface area contributed by atoms with E-state index in [9.17, 15) is 23.9 Å². The van der Waals surface area contributed by atoms with E-state index in [2.05, 4.69) is 24.1 Å². The predicted molar refractivity (Wildman–Crippen MR) is 158 cm³/mol. The van der Waals surface area contributed by atoms with Gasteiger partial charge in [0, 0.05) is 42.9 Å². The number of allylic oxidation sites excluding steroid dienone is 1. The molecule has 0 radical (unpaired) electrons. The van der Waals surface area contributed by atoms with E-state index in [0.717, 1.165) is 35.6 Å². The maximum atomic E-state index is 14.1. The molecule has 3 aromatic carbocycles. The molecular weight excluding hydrogens is 521 g/mol. The number of carbonyl (C=O) groups excluding carboxylic acids is 2. The molecular formula is C33H34FN3O4. The van der Waals surface area contributed by atoms with E-state index in [-0.39, 0.29) is 42.7 Å². The Bertz CT molecular complexity index is 1480. The minimum atomic E-state index is -1.06. The van der Waals surface area contributed by atoms with Gasteiger partial charge in [-0.05, 0) is 73.7 Å². The van der Waals surface area contributed by atoms with Crippen molar-refractivity contribution in [2.75, 3.05) is 28.2 Å². The van der Waals surface area contributed by atoms with Crippen molar-refractivity contribution in [3.8, 4) is 0 Å². The number of Topliss-reactive ketones (excluding diaryl/α,β-unsaturated/α-hetero) is 1. The number of para-hydroxylation sites is 2. The standard InChI is InChI=1S/C33H34FN3O4/c1-3-36(4-2)25-15-11-22(12-16-25)33-32-27(19-23(20-29(32)38)21-9-13-24(34)14-10-21)35-26-7-5-6-8-28(26)37(33)30(39)17-18-31(40)41/h5-16,23,33,35H,3-4,17-20H2,1-2H3,(H,40,41)/t23-,33-/m0/s1. The summed E-state index contributed by atoms with van der Waals surface area (Å²) in [6, 6.07) is 20.8. The first-order chi connectivity index (χ1) is 19.8. The van der Waals surface area contributed by atoms with Crippen LogP contribution in [0.4, 0.5) is 21.5 Å². The Morgan fingerprint density at radius 3 is 2.24 bits per heavy atom. The van der Waals surface area contributed by atoms with Crippen molar-refractivity contribution in [3.63, 3.8) is 0 Å². The number of benzene rings is 3. The van der Waals surface area contributed by atoms with Crippen molar-refractivity contribution >= 4 is 34.7 Å². The van der Waals surface area contributed by atoms with Gasteiger partial charge >= 0.3 is 5.97 Å². The molecule has 1 amide bonds. The summed E-state index contributed by atoms with van der Waals surface area (Å²) in [5.74, 6) is -2.02. The highest BCUT2D eigenvalue weighted by molar-refractivity contribution is 6.06. The molecule has 0 aromatic heterocycles. The normalized spacial score (nSPS) is 18.2. The van der Waals surface area contributed by atoms with Crippen LogP contribution >= 0.6 is 0 Å². The van der Waals surface area contributed by atoms with Gasteiger partial charge in [0.25, 0.3) is 0 Å². The Kier molecular flexibility index (Phi) is 8.19.